The number of carbonyl (C=O) groups is 1. The molecule has 3 N–H and O–H groups in total. The second-order valence-electron chi connectivity index (χ2n) is 4.32. The van der Waals surface area contributed by atoms with E-state index in [0.717, 1.165) is 15.4 Å². The summed E-state index contributed by atoms with van der Waals surface area (Å²) in [6, 6.07) is 13.0. The molecule has 19 heavy (non-hydrogen) atoms. The number of H-pyrrole nitrogens is 1. The third-order valence-corrected chi connectivity index (χ3v) is 3.76. The normalized spacial score (nSPS) is 10.8. The molecule has 0 saturated heterocycles. The van der Waals surface area contributed by atoms with Crippen LogP contribution in [0.25, 0.3) is 10.9 Å². The van der Waals surface area contributed by atoms with E-state index in [-0.39, 0.29) is 5.78 Å². The summed E-state index contributed by atoms with van der Waals surface area (Å²) >= 11 is 3.39. The number of nitrogen functional groups attached to an aromatic ring is 1. The Bertz CT molecular complexity index is 777. The van der Waals surface area contributed by atoms with Gasteiger partial charge in [-0.15, -0.1) is 0 Å². The monoisotopic (exact) mass is 314 g/mol. The Hall–Kier alpha value is -2.07. The summed E-state index contributed by atoms with van der Waals surface area (Å²) in [6.07, 6.45) is 1.74. The van der Waals surface area contributed by atoms with Gasteiger partial charge < -0.3 is 10.7 Å². The number of nitrogens with one attached hydrogen (secondary N) is 1. The largest absolute Gasteiger partial charge is 0.399 e. The molecule has 0 aliphatic heterocycles. The van der Waals surface area contributed by atoms with E-state index in [9.17, 15) is 4.79 Å². The Morgan fingerprint density at radius 3 is 2.74 bits per heavy atom. The van der Waals surface area contributed by atoms with Crippen molar-refractivity contribution in [1.29, 1.82) is 0 Å². The van der Waals surface area contributed by atoms with Crippen LogP contribution in [0.4, 0.5) is 5.69 Å². The second kappa shape index (κ2) is 4.55. The van der Waals surface area contributed by atoms with Gasteiger partial charge in [-0.05, 0) is 24.3 Å². The van der Waals surface area contributed by atoms with Crippen molar-refractivity contribution in [2.24, 2.45) is 0 Å². The molecule has 0 atom stereocenters. The van der Waals surface area contributed by atoms with E-state index in [0.29, 0.717) is 16.8 Å². The summed E-state index contributed by atoms with van der Waals surface area (Å²) in [5.41, 5.74) is 8.50. The van der Waals surface area contributed by atoms with Crippen molar-refractivity contribution >= 4 is 38.3 Å². The Morgan fingerprint density at radius 2 is 1.89 bits per heavy atom. The lowest BCUT2D eigenvalue weighted by molar-refractivity contribution is 0.103. The van der Waals surface area contributed by atoms with Gasteiger partial charge in [0.1, 0.15) is 0 Å². The van der Waals surface area contributed by atoms with Crippen molar-refractivity contribution in [2.75, 3.05) is 5.73 Å². The predicted molar refractivity (Wildman–Crippen MR) is 80.3 cm³/mol. The van der Waals surface area contributed by atoms with Gasteiger partial charge in [0.15, 0.2) is 5.78 Å². The molecule has 0 aliphatic rings. The molecular weight excluding hydrogens is 304 g/mol. The number of halogens is 1. The first-order chi connectivity index (χ1) is 9.16. The van der Waals surface area contributed by atoms with Crippen molar-refractivity contribution in [3.63, 3.8) is 0 Å². The maximum Gasteiger partial charge on any atom is 0.196 e. The van der Waals surface area contributed by atoms with Crippen molar-refractivity contribution in [3.05, 3.63) is 64.3 Å². The van der Waals surface area contributed by atoms with Crippen LogP contribution in [-0.4, -0.2) is 10.8 Å². The van der Waals surface area contributed by atoms with Gasteiger partial charge in [0.05, 0.1) is 0 Å². The molecule has 1 heterocycles. The number of fused-ring (bicyclic) bond motifs is 1. The summed E-state index contributed by atoms with van der Waals surface area (Å²) in [4.78, 5) is 15.7. The predicted octanol–water partition coefficient (Wildman–Crippen LogP) is 3.74. The van der Waals surface area contributed by atoms with Crippen LogP contribution >= 0.6 is 15.9 Å². The highest BCUT2D eigenvalue weighted by atomic mass is 79.9. The quantitative estimate of drug-likeness (QED) is 0.559. The molecular formula is C15H11BrN2O. The zero-order valence-corrected chi connectivity index (χ0v) is 11.6. The molecule has 0 bridgehead atoms. The number of benzene rings is 2. The number of nitrogens with two attached hydrogens (primary N) is 1. The average molecular weight is 315 g/mol. The number of aromatic nitrogens is 1. The molecule has 1 aromatic heterocycles. The van der Waals surface area contributed by atoms with Crippen molar-refractivity contribution in [3.8, 4) is 0 Å². The standard InChI is InChI=1S/C15H11BrN2O/c16-13-6-5-9(17)7-11(13)15(19)12-8-18-14-4-2-1-3-10(12)14/h1-8,18H,17H2. The van der Waals surface area contributed by atoms with E-state index in [1.165, 1.54) is 0 Å². The van der Waals surface area contributed by atoms with Crippen molar-refractivity contribution < 1.29 is 4.79 Å². The molecule has 0 amide bonds. The minimum absolute atomic E-state index is 0.0448. The van der Waals surface area contributed by atoms with Crippen molar-refractivity contribution in [1.82, 2.24) is 4.98 Å². The van der Waals surface area contributed by atoms with Crippen LogP contribution in [0.3, 0.4) is 0 Å². The molecule has 94 valence electrons. The molecule has 0 saturated carbocycles. The van der Waals surface area contributed by atoms with Gasteiger partial charge in [0, 0.05) is 38.4 Å². The fourth-order valence-electron chi connectivity index (χ4n) is 2.12. The van der Waals surface area contributed by atoms with Gasteiger partial charge in [0.2, 0.25) is 0 Å². The summed E-state index contributed by atoms with van der Waals surface area (Å²) < 4.78 is 0.747. The van der Waals surface area contributed by atoms with Gasteiger partial charge in [-0.25, -0.2) is 0 Å². The highest BCUT2D eigenvalue weighted by Crippen LogP contribution is 2.26. The molecule has 3 rings (SSSR count). The Balaban J connectivity index is 2.16. The number of carbonyl (C=O) groups excluding carboxylic acids is 1. The van der Waals surface area contributed by atoms with Crippen LogP contribution in [0.2, 0.25) is 0 Å². The second-order valence-corrected chi connectivity index (χ2v) is 5.17. The van der Waals surface area contributed by atoms with E-state index >= 15 is 0 Å². The Kier molecular flexibility index (Phi) is 2.87. The number of ketones is 1. The van der Waals surface area contributed by atoms with E-state index in [2.05, 4.69) is 20.9 Å². The summed E-state index contributed by atoms with van der Waals surface area (Å²) in [6.45, 7) is 0. The minimum Gasteiger partial charge on any atom is -0.399 e. The first-order valence-corrected chi connectivity index (χ1v) is 6.62. The highest BCUT2D eigenvalue weighted by molar-refractivity contribution is 9.10. The van der Waals surface area contributed by atoms with Gasteiger partial charge >= 0.3 is 0 Å². The number of aromatic amines is 1. The zero-order valence-electron chi connectivity index (χ0n) is 9.98. The van der Waals surface area contributed by atoms with Gasteiger partial charge in [0.25, 0.3) is 0 Å². The molecule has 3 nitrogen and oxygen atoms in total. The Labute approximate surface area is 118 Å². The molecule has 3 aromatic rings. The van der Waals surface area contributed by atoms with Gasteiger partial charge in [-0.2, -0.15) is 0 Å². The van der Waals surface area contributed by atoms with Crippen LogP contribution in [0.5, 0.6) is 0 Å². The fourth-order valence-corrected chi connectivity index (χ4v) is 2.55. The smallest absolute Gasteiger partial charge is 0.196 e. The number of hydrogen-bond donors (Lipinski definition) is 2. The summed E-state index contributed by atoms with van der Waals surface area (Å²) in [5, 5.41) is 0.918. The SMILES string of the molecule is Nc1ccc(Br)c(C(=O)c2c[nH]c3ccccc23)c1. The van der Waals surface area contributed by atoms with Crippen LogP contribution in [0.1, 0.15) is 15.9 Å². The van der Waals surface area contributed by atoms with Crippen molar-refractivity contribution in [2.45, 2.75) is 0 Å². The molecule has 0 aliphatic carbocycles. The number of rotatable bonds is 2. The fraction of sp³-hybridized carbons (Fsp3) is 0. The first-order valence-electron chi connectivity index (χ1n) is 5.82. The lowest BCUT2D eigenvalue weighted by Crippen LogP contribution is -2.02. The van der Waals surface area contributed by atoms with Crippen LogP contribution in [0.15, 0.2) is 53.1 Å². The topological polar surface area (TPSA) is 58.9 Å². The molecule has 0 unspecified atom stereocenters. The van der Waals surface area contributed by atoms with Crippen LogP contribution in [-0.2, 0) is 0 Å². The highest BCUT2D eigenvalue weighted by Gasteiger charge is 2.16. The lowest BCUT2D eigenvalue weighted by atomic mass is 10.0. The van der Waals surface area contributed by atoms with Crippen LogP contribution < -0.4 is 5.73 Å². The summed E-state index contributed by atoms with van der Waals surface area (Å²) in [7, 11) is 0. The van der Waals surface area contributed by atoms with E-state index < -0.39 is 0 Å². The molecule has 0 spiro atoms. The average Bonchev–Trinajstić information content (AvgIpc) is 2.84. The van der Waals surface area contributed by atoms with E-state index in [1.54, 1.807) is 24.4 Å². The van der Waals surface area contributed by atoms with E-state index in [4.69, 9.17) is 5.73 Å². The van der Waals surface area contributed by atoms with Gasteiger partial charge in [-0.1, -0.05) is 34.1 Å². The Morgan fingerprint density at radius 1 is 1.11 bits per heavy atom. The number of anilines is 1. The number of hydrogen-bond acceptors (Lipinski definition) is 2. The summed E-state index contributed by atoms with van der Waals surface area (Å²) in [5.74, 6) is -0.0448. The maximum absolute atomic E-state index is 12.6. The van der Waals surface area contributed by atoms with Gasteiger partial charge in [-0.3, -0.25) is 4.79 Å². The number of para-hydroxylation sites is 1. The van der Waals surface area contributed by atoms with E-state index in [1.807, 2.05) is 24.3 Å². The third-order valence-electron chi connectivity index (χ3n) is 3.07. The van der Waals surface area contributed by atoms with Crippen LogP contribution in [0, 0.1) is 0 Å². The molecule has 4 heteroatoms. The first kappa shape index (κ1) is 12.0. The lowest BCUT2D eigenvalue weighted by Gasteiger charge is -2.04. The molecule has 0 fully saturated rings. The molecule has 2 aromatic carbocycles. The molecule has 0 radical (unpaired) electrons. The zero-order chi connectivity index (χ0) is 13.4. The third kappa shape index (κ3) is 2.04. The minimum atomic E-state index is -0.0448. The maximum atomic E-state index is 12.6.